The zero-order valence-corrected chi connectivity index (χ0v) is 15.5. The number of aromatic nitrogens is 1. The average molecular weight is 372 g/mol. The summed E-state index contributed by atoms with van der Waals surface area (Å²) in [5.74, 6) is 0.526. The lowest BCUT2D eigenvalue weighted by molar-refractivity contribution is -0.122. The lowest BCUT2D eigenvalue weighted by atomic mass is 10.2. The Labute approximate surface area is 156 Å². The first-order valence-corrected chi connectivity index (χ1v) is 9.02. The van der Waals surface area contributed by atoms with E-state index in [0.29, 0.717) is 24.5 Å². The second-order valence-corrected chi connectivity index (χ2v) is 6.67. The third kappa shape index (κ3) is 3.84. The highest BCUT2D eigenvalue weighted by Gasteiger charge is 2.34. The van der Waals surface area contributed by atoms with Gasteiger partial charge in [0.15, 0.2) is 0 Å². The number of nitrogens with zero attached hydrogens (tertiary/aromatic N) is 2. The van der Waals surface area contributed by atoms with Gasteiger partial charge in [-0.05, 0) is 60.7 Å². The SMILES string of the molecule is COCCCN1C(=O)S/C(=C/c2cccn2-c2ccc(OC)cc2)C1=O. The molecule has 136 valence electrons. The van der Waals surface area contributed by atoms with Crippen LogP contribution in [0.25, 0.3) is 11.8 Å². The van der Waals surface area contributed by atoms with Crippen molar-refractivity contribution in [2.45, 2.75) is 6.42 Å². The van der Waals surface area contributed by atoms with Crippen molar-refractivity contribution in [3.8, 4) is 11.4 Å². The van der Waals surface area contributed by atoms with Gasteiger partial charge in [0.2, 0.25) is 0 Å². The summed E-state index contributed by atoms with van der Waals surface area (Å²) in [5.41, 5.74) is 1.78. The molecule has 26 heavy (non-hydrogen) atoms. The van der Waals surface area contributed by atoms with Gasteiger partial charge in [0, 0.05) is 37.8 Å². The Hall–Kier alpha value is -2.51. The van der Waals surface area contributed by atoms with Crippen LogP contribution in [0.3, 0.4) is 0 Å². The van der Waals surface area contributed by atoms with E-state index in [1.807, 2.05) is 47.2 Å². The van der Waals surface area contributed by atoms with Crippen LogP contribution in [0.15, 0.2) is 47.5 Å². The molecule has 1 aliphatic rings. The number of imide groups is 1. The summed E-state index contributed by atoms with van der Waals surface area (Å²) in [4.78, 5) is 26.3. The number of hydrogen-bond donors (Lipinski definition) is 0. The van der Waals surface area contributed by atoms with Crippen LogP contribution in [0.2, 0.25) is 0 Å². The summed E-state index contributed by atoms with van der Waals surface area (Å²) in [6, 6.07) is 11.4. The Kier molecular flexibility index (Phi) is 5.80. The summed E-state index contributed by atoms with van der Waals surface area (Å²) in [6.07, 6.45) is 4.30. The second-order valence-electron chi connectivity index (χ2n) is 5.68. The molecule has 1 aliphatic heterocycles. The van der Waals surface area contributed by atoms with Crippen LogP contribution in [0.1, 0.15) is 12.1 Å². The van der Waals surface area contributed by atoms with Crippen LogP contribution >= 0.6 is 11.8 Å². The van der Waals surface area contributed by atoms with Crippen LogP contribution in [0, 0.1) is 0 Å². The van der Waals surface area contributed by atoms with Gasteiger partial charge in [0.1, 0.15) is 5.75 Å². The lowest BCUT2D eigenvalue weighted by Gasteiger charge is -2.11. The topological polar surface area (TPSA) is 60.8 Å². The minimum atomic E-state index is -0.251. The maximum Gasteiger partial charge on any atom is 0.293 e. The molecule has 0 saturated carbocycles. The number of benzene rings is 1. The Morgan fingerprint density at radius 2 is 1.88 bits per heavy atom. The molecule has 0 spiro atoms. The minimum absolute atomic E-state index is 0.236. The first-order chi connectivity index (χ1) is 12.6. The molecule has 3 rings (SSSR count). The van der Waals surface area contributed by atoms with E-state index in [9.17, 15) is 9.59 Å². The lowest BCUT2D eigenvalue weighted by Crippen LogP contribution is -2.29. The average Bonchev–Trinajstić information content (AvgIpc) is 3.22. The van der Waals surface area contributed by atoms with E-state index in [-0.39, 0.29) is 11.1 Å². The molecule has 2 amide bonds. The molecule has 0 bridgehead atoms. The van der Waals surface area contributed by atoms with Gasteiger partial charge in [-0.15, -0.1) is 0 Å². The number of carbonyl (C=O) groups excluding carboxylic acids is 2. The van der Waals surface area contributed by atoms with E-state index >= 15 is 0 Å². The van der Waals surface area contributed by atoms with E-state index in [1.165, 1.54) is 4.90 Å². The molecule has 2 aromatic rings. The van der Waals surface area contributed by atoms with Gasteiger partial charge in [0.25, 0.3) is 11.1 Å². The number of rotatable bonds is 7. The molecule has 1 saturated heterocycles. The predicted molar refractivity (Wildman–Crippen MR) is 101 cm³/mol. The highest BCUT2D eigenvalue weighted by Crippen LogP contribution is 2.32. The van der Waals surface area contributed by atoms with Gasteiger partial charge >= 0.3 is 0 Å². The Morgan fingerprint density at radius 1 is 1.12 bits per heavy atom. The highest BCUT2D eigenvalue weighted by atomic mass is 32.2. The van der Waals surface area contributed by atoms with Crippen molar-refractivity contribution < 1.29 is 19.1 Å². The molecule has 1 aromatic carbocycles. The van der Waals surface area contributed by atoms with Gasteiger partial charge in [-0.25, -0.2) is 0 Å². The number of methoxy groups -OCH3 is 2. The zero-order valence-electron chi connectivity index (χ0n) is 14.7. The van der Waals surface area contributed by atoms with Crippen molar-refractivity contribution >= 4 is 29.0 Å². The quantitative estimate of drug-likeness (QED) is 0.549. The number of thioether (sulfide) groups is 1. The molecule has 0 aliphatic carbocycles. The van der Waals surface area contributed by atoms with Crippen LogP contribution < -0.4 is 4.74 Å². The van der Waals surface area contributed by atoms with Crippen molar-refractivity contribution in [3.63, 3.8) is 0 Å². The molecule has 2 heterocycles. The summed E-state index contributed by atoms with van der Waals surface area (Å²) >= 11 is 0.972. The summed E-state index contributed by atoms with van der Waals surface area (Å²) in [7, 11) is 3.22. The monoisotopic (exact) mass is 372 g/mol. The number of amides is 2. The van der Waals surface area contributed by atoms with Gasteiger partial charge in [-0.3, -0.25) is 14.5 Å². The number of hydrogen-bond acceptors (Lipinski definition) is 5. The molecule has 0 atom stereocenters. The molecular weight excluding hydrogens is 352 g/mol. The molecule has 0 N–H and O–H groups in total. The number of carbonyl (C=O) groups is 2. The van der Waals surface area contributed by atoms with Gasteiger partial charge in [-0.2, -0.15) is 0 Å². The Bertz CT molecular complexity index is 826. The van der Waals surface area contributed by atoms with Crippen LogP contribution in [0.4, 0.5) is 4.79 Å². The molecule has 0 radical (unpaired) electrons. The normalized spacial score (nSPS) is 15.9. The summed E-state index contributed by atoms with van der Waals surface area (Å²) < 4.78 is 12.1. The maximum atomic E-state index is 12.5. The van der Waals surface area contributed by atoms with Crippen LogP contribution in [0.5, 0.6) is 5.75 Å². The van der Waals surface area contributed by atoms with Crippen molar-refractivity contribution in [3.05, 3.63) is 53.2 Å². The Morgan fingerprint density at radius 3 is 2.58 bits per heavy atom. The van der Waals surface area contributed by atoms with Crippen molar-refractivity contribution in [1.82, 2.24) is 9.47 Å². The fourth-order valence-corrected chi connectivity index (χ4v) is 3.53. The molecule has 6 nitrogen and oxygen atoms in total. The van der Waals surface area contributed by atoms with E-state index in [4.69, 9.17) is 9.47 Å². The largest absolute Gasteiger partial charge is 0.497 e. The van der Waals surface area contributed by atoms with Crippen molar-refractivity contribution in [1.29, 1.82) is 0 Å². The maximum absolute atomic E-state index is 12.5. The van der Waals surface area contributed by atoms with Gasteiger partial charge in [-0.1, -0.05) is 0 Å². The minimum Gasteiger partial charge on any atom is -0.497 e. The van der Waals surface area contributed by atoms with Gasteiger partial charge < -0.3 is 14.0 Å². The van der Waals surface area contributed by atoms with Crippen molar-refractivity contribution in [2.24, 2.45) is 0 Å². The molecule has 0 unspecified atom stereocenters. The van der Waals surface area contributed by atoms with Crippen LogP contribution in [-0.4, -0.2) is 48.0 Å². The standard InChI is InChI=1S/C19H20N2O4S/c1-24-12-4-11-21-18(22)17(26-19(21)23)13-15-5-3-10-20(15)14-6-8-16(25-2)9-7-14/h3,5-10,13H,4,11-12H2,1-2H3/b17-13+. The van der Waals surface area contributed by atoms with E-state index in [0.717, 1.165) is 28.9 Å². The van der Waals surface area contributed by atoms with Crippen molar-refractivity contribution in [2.75, 3.05) is 27.4 Å². The third-order valence-corrected chi connectivity index (χ3v) is 4.92. The van der Waals surface area contributed by atoms with E-state index in [1.54, 1.807) is 20.3 Å². The Balaban J connectivity index is 1.81. The fourth-order valence-electron chi connectivity index (χ4n) is 2.68. The molecule has 7 heteroatoms. The second kappa shape index (κ2) is 8.25. The van der Waals surface area contributed by atoms with Crippen LogP contribution in [-0.2, 0) is 9.53 Å². The zero-order chi connectivity index (χ0) is 18.5. The fraction of sp³-hybridized carbons (Fsp3) is 0.263. The summed E-state index contributed by atoms with van der Waals surface area (Å²) in [6.45, 7) is 0.885. The molecular formula is C19H20N2O4S. The van der Waals surface area contributed by atoms with E-state index < -0.39 is 0 Å². The van der Waals surface area contributed by atoms with E-state index in [2.05, 4.69) is 0 Å². The summed E-state index contributed by atoms with van der Waals surface area (Å²) in [5, 5.41) is -0.236. The third-order valence-electron chi connectivity index (χ3n) is 4.01. The first-order valence-electron chi connectivity index (χ1n) is 8.20. The van der Waals surface area contributed by atoms with Gasteiger partial charge in [0.05, 0.1) is 12.0 Å². The predicted octanol–water partition coefficient (Wildman–Crippen LogP) is 3.56. The molecule has 1 fully saturated rings. The smallest absolute Gasteiger partial charge is 0.293 e. The first kappa shape index (κ1) is 18.3. The molecule has 1 aromatic heterocycles. The highest BCUT2D eigenvalue weighted by molar-refractivity contribution is 8.18. The number of ether oxygens (including phenoxy) is 2.